The molecule has 30 heavy (non-hydrogen) atoms. The summed E-state index contributed by atoms with van der Waals surface area (Å²) in [5.41, 5.74) is 3.01. The molecule has 0 spiro atoms. The van der Waals surface area contributed by atoms with E-state index in [9.17, 15) is 4.79 Å². The topological polar surface area (TPSA) is 96.5 Å². The number of amides is 1. The minimum atomic E-state index is -0.137. The Hall–Kier alpha value is -2.84. The van der Waals surface area contributed by atoms with Crippen molar-refractivity contribution in [1.82, 2.24) is 30.5 Å². The second-order valence-electron chi connectivity index (χ2n) is 6.66. The highest BCUT2D eigenvalue weighted by molar-refractivity contribution is 9.08. The second kappa shape index (κ2) is 9.32. The first kappa shape index (κ1) is 20.4. The molecule has 2 heterocycles. The molecule has 2 N–H and O–H groups in total. The van der Waals surface area contributed by atoms with Crippen LogP contribution in [0, 0.1) is 0 Å². The molecule has 0 aliphatic rings. The number of H-pyrrole nitrogens is 1. The van der Waals surface area contributed by atoms with Crippen LogP contribution in [0.25, 0.3) is 22.3 Å². The lowest BCUT2D eigenvalue weighted by atomic mass is 10.1. The zero-order valence-corrected chi connectivity index (χ0v) is 18.2. The van der Waals surface area contributed by atoms with Crippen LogP contribution in [0.15, 0.2) is 48.8 Å². The molecule has 4 aromatic rings. The predicted octanol–water partition coefficient (Wildman–Crippen LogP) is 4.33. The number of benzene rings is 2. The second-order valence-corrected chi connectivity index (χ2v) is 7.66. The van der Waals surface area contributed by atoms with Crippen LogP contribution in [0.2, 0.25) is 5.02 Å². The molecule has 2 aromatic heterocycles. The van der Waals surface area contributed by atoms with Gasteiger partial charge in [0.25, 0.3) is 5.91 Å². The van der Waals surface area contributed by atoms with Crippen molar-refractivity contribution in [3.8, 4) is 11.4 Å². The van der Waals surface area contributed by atoms with Crippen molar-refractivity contribution in [3.63, 3.8) is 0 Å². The highest BCUT2D eigenvalue weighted by Crippen LogP contribution is 2.25. The van der Waals surface area contributed by atoms with E-state index in [0.717, 1.165) is 40.8 Å². The molecule has 0 aliphatic carbocycles. The summed E-state index contributed by atoms with van der Waals surface area (Å²) in [4.78, 5) is 24.9. The van der Waals surface area contributed by atoms with Gasteiger partial charge in [-0.1, -0.05) is 33.6 Å². The van der Waals surface area contributed by atoms with E-state index in [0.29, 0.717) is 28.3 Å². The fourth-order valence-corrected chi connectivity index (χ4v) is 3.63. The molecular formula is C21H18BrClN6O. The molecule has 0 radical (unpaired) electrons. The van der Waals surface area contributed by atoms with Crippen molar-refractivity contribution < 1.29 is 4.79 Å². The largest absolute Gasteiger partial charge is 0.352 e. The number of carbonyl (C=O) groups is 1. The molecule has 4 rings (SSSR count). The summed E-state index contributed by atoms with van der Waals surface area (Å²) in [6.07, 6.45) is 3.04. The third kappa shape index (κ3) is 4.66. The van der Waals surface area contributed by atoms with E-state index in [1.54, 1.807) is 30.6 Å². The van der Waals surface area contributed by atoms with E-state index in [-0.39, 0.29) is 5.91 Å². The monoisotopic (exact) mass is 484 g/mol. The Balaban J connectivity index is 1.54. The first-order chi connectivity index (χ1) is 14.6. The Kier molecular flexibility index (Phi) is 6.35. The Labute approximate surface area is 186 Å². The van der Waals surface area contributed by atoms with Gasteiger partial charge in [0, 0.05) is 39.8 Å². The van der Waals surface area contributed by atoms with E-state index >= 15 is 0 Å². The summed E-state index contributed by atoms with van der Waals surface area (Å²) >= 11 is 9.49. The normalized spacial score (nSPS) is 11.0. The average Bonchev–Trinajstić information content (AvgIpc) is 3.29. The van der Waals surface area contributed by atoms with E-state index in [2.05, 4.69) is 46.4 Å². The van der Waals surface area contributed by atoms with Crippen LogP contribution in [0.3, 0.4) is 0 Å². The molecule has 0 unspecified atom stereocenters. The molecule has 152 valence electrons. The number of rotatable bonds is 7. The van der Waals surface area contributed by atoms with Crippen LogP contribution in [0.1, 0.15) is 28.3 Å². The summed E-state index contributed by atoms with van der Waals surface area (Å²) < 4.78 is 0. The van der Waals surface area contributed by atoms with Gasteiger partial charge in [0.05, 0.1) is 11.2 Å². The average molecular weight is 486 g/mol. The Morgan fingerprint density at radius 2 is 1.97 bits per heavy atom. The number of aryl methyl sites for hydroxylation is 1. The molecule has 0 bridgehead atoms. The number of nitrogens with one attached hydrogen (secondary N) is 2. The zero-order chi connectivity index (χ0) is 20.9. The van der Waals surface area contributed by atoms with Crippen molar-refractivity contribution in [2.75, 3.05) is 6.54 Å². The lowest BCUT2D eigenvalue weighted by Gasteiger charge is -2.09. The predicted molar refractivity (Wildman–Crippen MR) is 120 cm³/mol. The van der Waals surface area contributed by atoms with E-state index in [1.807, 2.05) is 18.2 Å². The number of halogens is 2. The molecule has 1 amide bonds. The molecule has 0 saturated heterocycles. The van der Waals surface area contributed by atoms with Crippen LogP contribution >= 0.6 is 27.5 Å². The van der Waals surface area contributed by atoms with Crippen molar-refractivity contribution >= 4 is 44.3 Å². The quantitative estimate of drug-likeness (QED) is 0.300. The summed E-state index contributed by atoms with van der Waals surface area (Å²) in [6, 6.07) is 12.9. The maximum absolute atomic E-state index is 12.6. The van der Waals surface area contributed by atoms with Crippen molar-refractivity contribution in [2.45, 2.75) is 18.2 Å². The van der Waals surface area contributed by atoms with Crippen LogP contribution in [-0.4, -0.2) is 37.6 Å². The summed E-state index contributed by atoms with van der Waals surface area (Å²) in [7, 11) is 0. The minimum absolute atomic E-state index is 0.137. The number of aromatic nitrogens is 5. The summed E-state index contributed by atoms with van der Waals surface area (Å²) in [6.45, 7) is 0.546. The molecule has 7 nitrogen and oxygen atoms in total. The molecule has 9 heteroatoms. The molecule has 0 aliphatic heterocycles. The maximum Gasteiger partial charge on any atom is 0.251 e. The Bertz CT molecular complexity index is 1160. The lowest BCUT2D eigenvalue weighted by molar-refractivity contribution is 0.0953. The van der Waals surface area contributed by atoms with Gasteiger partial charge in [-0.05, 0) is 42.8 Å². The van der Waals surface area contributed by atoms with Gasteiger partial charge >= 0.3 is 0 Å². The van der Waals surface area contributed by atoms with Crippen molar-refractivity contribution in [2.24, 2.45) is 0 Å². The summed E-state index contributed by atoms with van der Waals surface area (Å²) in [5, 5.41) is 12.8. The molecular weight excluding hydrogens is 468 g/mol. The fraction of sp³-hybridized carbons (Fsp3) is 0.190. The van der Waals surface area contributed by atoms with Gasteiger partial charge in [-0.3, -0.25) is 4.79 Å². The van der Waals surface area contributed by atoms with Gasteiger partial charge in [0.15, 0.2) is 5.82 Å². The third-order valence-corrected chi connectivity index (χ3v) is 5.39. The van der Waals surface area contributed by atoms with Gasteiger partial charge in [-0.25, -0.2) is 9.97 Å². The van der Waals surface area contributed by atoms with Crippen LogP contribution in [0.5, 0.6) is 0 Å². The Morgan fingerprint density at radius 1 is 1.13 bits per heavy atom. The standard InChI is InChI=1S/C21H18BrClN6O/c22-11-18-16-8-5-14(21(30)24-9-1-2-19-25-12-26-29-19)10-17(16)27-20(28-18)13-3-6-15(23)7-4-13/h3-8,10,12H,1-2,9,11H2,(H,24,30)(H,25,26,29). The van der Waals surface area contributed by atoms with E-state index in [1.165, 1.54) is 0 Å². The molecule has 0 saturated carbocycles. The molecule has 2 aromatic carbocycles. The number of hydrogen-bond donors (Lipinski definition) is 2. The van der Waals surface area contributed by atoms with Crippen LogP contribution < -0.4 is 5.32 Å². The van der Waals surface area contributed by atoms with Gasteiger partial charge in [0.2, 0.25) is 0 Å². The van der Waals surface area contributed by atoms with Gasteiger partial charge in [-0.2, -0.15) is 0 Å². The zero-order valence-electron chi connectivity index (χ0n) is 15.9. The third-order valence-electron chi connectivity index (χ3n) is 4.61. The van der Waals surface area contributed by atoms with Crippen LogP contribution in [-0.2, 0) is 11.8 Å². The van der Waals surface area contributed by atoms with Crippen LogP contribution in [0.4, 0.5) is 0 Å². The van der Waals surface area contributed by atoms with Gasteiger partial charge in [-0.15, -0.1) is 10.2 Å². The van der Waals surface area contributed by atoms with Gasteiger partial charge < -0.3 is 10.3 Å². The van der Waals surface area contributed by atoms with Gasteiger partial charge in [0.1, 0.15) is 12.2 Å². The first-order valence-electron chi connectivity index (χ1n) is 9.40. The molecule has 0 fully saturated rings. The number of nitrogens with zero attached hydrogens (tertiary/aromatic N) is 4. The highest BCUT2D eigenvalue weighted by Gasteiger charge is 2.12. The fourth-order valence-electron chi connectivity index (χ4n) is 3.08. The SMILES string of the molecule is O=C(NCCCc1nnc[nH]1)c1ccc2c(CBr)nc(-c3ccc(Cl)cc3)nc2c1. The minimum Gasteiger partial charge on any atom is -0.352 e. The lowest BCUT2D eigenvalue weighted by Crippen LogP contribution is -2.24. The number of carbonyl (C=O) groups excluding carboxylic acids is 1. The number of alkyl halides is 1. The number of fused-ring (bicyclic) bond motifs is 1. The first-order valence-corrected chi connectivity index (χ1v) is 10.9. The van der Waals surface area contributed by atoms with Crippen molar-refractivity contribution in [1.29, 1.82) is 0 Å². The Morgan fingerprint density at radius 3 is 2.70 bits per heavy atom. The van der Waals surface area contributed by atoms with Crippen molar-refractivity contribution in [3.05, 3.63) is 70.9 Å². The summed E-state index contributed by atoms with van der Waals surface area (Å²) in [5.74, 6) is 1.27. The number of aromatic amines is 1. The van der Waals surface area contributed by atoms with E-state index < -0.39 is 0 Å². The smallest absolute Gasteiger partial charge is 0.251 e. The number of hydrogen-bond acceptors (Lipinski definition) is 5. The highest BCUT2D eigenvalue weighted by atomic mass is 79.9. The molecule has 0 atom stereocenters. The van der Waals surface area contributed by atoms with E-state index in [4.69, 9.17) is 11.6 Å². The maximum atomic E-state index is 12.6.